The van der Waals surface area contributed by atoms with Crippen LogP contribution in [0.2, 0.25) is 0 Å². The van der Waals surface area contributed by atoms with E-state index in [0.29, 0.717) is 18.4 Å². The summed E-state index contributed by atoms with van der Waals surface area (Å²) in [6.07, 6.45) is 3.09. The van der Waals surface area contributed by atoms with Crippen LogP contribution >= 0.6 is 12.6 Å². The number of hydrogen-bond acceptors (Lipinski definition) is 3. The van der Waals surface area contributed by atoms with Gasteiger partial charge in [0.05, 0.1) is 6.54 Å². The molecule has 1 aromatic carbocycles. The molecule has 0 atom stereocenters. The number of halogens is 2. The molecule has 8 heteroatoms. The molecule has 23 heavy (non-hydrogen) atoms. The number of hydrazine groups is 1. The van der Waals surface area contributed by atoms with Gasteiger partial charge in [-0.25, -0.2) is 18.6 Å². The lowest BCUT2D eigenvalue weighted by Crippen LogP contribution is -2.52. The Morgan fingerprint density at radius 3 is 2.52 bits per heavy atom. The first kappa shape index (κ1) is 16.0. The Hall–Kier alpha value is -1.83. The van der Waals surface area contributed by atoms with Crippen molar-refractivity contribution in [2.75, 3.05) is 0 Å². The predicted octanol–water partition coefficient (Wildman–Crippen LogP) is 3.84. The van der Waals surface area contributed by atoms with Gasteiger partial charge in [-0.2, -0.15) is 5.01 Å². The number of amides is 2. The topological polar surface area (TPSA) is 49.9 Å². The fourth-order valence-electron chi connectivity index (χ4n) is 3.20. The third-order valence-electron chi connectivity index (χ3n) is 4.25. The molecule has 1 heterocycles. The van der Waals surface area contributed by atoms with E-state index in [4.69, 9.17) is 4.74 Å². The first-order valence-corrected chi connectivity index (χ1v) is 7.85. The Morgan fingerprint density at radius 2 is 1.91 bits per heavy atom. The van der Waals surface area contributed by atoms with Crippen molar-refractivity contribution in [2.45, 2.75) is 44.4 Å². The van der Waals surface area contributed by atoms with Gasteiger partial charge in [-0.3, -0.25) is 4.79 Å². The van der Waals surface area contributed by atoms with Crippen molar-refractivity contribution in [3.05, 3.63) is 35.4 Å². The maximum Gasteiger partial charge on any atom is 0.431 e. The number of carbonyl (C=O) groups excluding carboxylic acids is 2. The SMILES string of the molecule is O=C1OC2(CCCCC2)N(C(=O)S)N1Cc1ccc(F)c(F)c1. The summed E-state index contributed by atoms with van der Waals surface area (Å²) in [5, 5.41) is 1.70. The lowest BCUT2D eigenvalue weighted by molar-refractivity contribution is -0.0940. The Kier molecular flexibility index (Phi) is 4.18. The number of nitrogens with zero attached hydrogens (tertiary/aromatic N) is 2. The lowest BCUT2D eigenvalue weighted by Gasteiger charge is -2.38. The Labute approximate surface area is 137 Å². The Bertz CT molecular complexity index is 650. The number of hydrogen-bond donors (Lipinski definition) is 1. The van der Waals surface area contributed by atoms with Crippen molar-refractivity contribution >= 4 is 24.0 Å². The maximum absolute atomic E-state index is 13.3. The van der Waals surface area contributed by atoms with Gasteiger partial charge >= 0.3 is 11.3 Å². The number of rotatable bonds is 2. The minimum Gasteiger partial charge on any atom is -0.419 e. The predicted molar refractivity (Wildman–Crippen MR) is 80.4 cm³/mol. The van der Waals surface area contributed by atoms with E-state index in [0.717, 1.165) is 36.4 Å². The van der Waals surface area contributed by atoms with Crippen molar-refractivity contribution in [1.29, 1.82) is 0 Å². The molecule has 2 amide bonds. The zero-order chi connectivity index (χ0) is 16.6. The van der Waals surface area contributed by atoms with Crippen molar-refractivity contribution in [2.24, 2.45) is 0 Å². The van der Waals surface area contributed by atoms with Crippen LogP contribution in [0.15, 0.2) is 18.2 Å². The van der Waals surface area contributed by atoms with Crippen LogP contribution in [0, 0.1) is 11.6 Å². The summed E-state index contributed by atoms with van der Waals surface area (Å²) in [4.78, 5) is 24.2. The van der Waals surface area contributed by atoms with Gasteiger partial charge < -0.3 is 4.74 Å². The number of carbonyl (C=O) groups is 2. The molecule has 1 saturated heterocycles. The van der Waals surface area contributed by atoms with Crippen LogP contribution in [0.5, 0.6) is 0 Å². The van der Waals surface area contributed by atoms with Crippen molar-refractivity contribution in [3.8, 4) is 0 Å². The molecule has 1 aromatic rings. The molecule has 0 radical (unpaired) electrons. The molecule has 3 rings (SSSR count). The van der Waals surface area contributed by atoms with E-state index < -0.39 is 28.7 Å². The van der Waals surface area contributed by atoms with Gasteiger partial charge in [0.25, 0.3) is 0 Å². The van der Waals surface area contributed by atoms with Gasteiger partial charge in [-0.15, -0.1) is 0 Å². The van der Waals surface area contributed by atoms with Gasteiger partial charge in [0, 0.05) is 12.8 Å². The quantitative estimate of drug-likeness (QED) is 0.831. The van der Waals surface area contributed by atoms with Gasteiger partial charge in [0.2, 0.25) is 5.72 Å². The van der Waals surface area contributed by atoms with E-state index in [9.17, 15) is 18.4 Å². The monoisotopic (exact) mass is 342 g/mol. The summed E-state index contributed by atoms with van der Waals surface area (Å²) in [6, 6.07) is 3.34. The first-order chi connectivity index (χ1) is 10.9. The van der Waals surface area contributed by atoms with Crippen LogP contribution in [-0.2, 0) is 11.3 Å². The average molecular weight is 342 g/mol. The second kappa shape index (κ2) is 5.99. The third-order valence-corrected chi connectivity index (χ3v) is 4.44. The van der Waals surface area contributed by atoms with E-state index in [-0.39, 0.29) is 6.54 Å². The standard InChI is InChI=1S/C15H16F2N2O3S/c16-11-5-4-10(8-12(11)17)9-18-13(20)22-15(19(18)14(21)23)6-2-1-3-7-15/h4-5,8H,1-3,6-7,9H2,(H,21,23). The Balaban J connectivity index is 1.89. The van der Waals surface area contributed by atoms with Crippen LogP contribution in [0.4, 0.5) is 18.4 Å². The second-order valence-electron chi connectivity index (χ2n) is 5.78. The average Bonchev–Trinajstić information content (AvgIpc) is 2.75. The maximum atomic E-state index is 13.3. The summed E-state index contributed by atoms with van der Waals surface area (Å²) in [7, 11) is 0. The highest BCUT2D eigenvalue weighted by Gasteiger charge is 2.54. The van der Waals surface area contributed by atoms with Crippen LogP contribution in [0.25, 0.3) is 0 Å². The van der Waals surface area contributed by atoms with E-state index in [1.165, 1.54) is 11.1 Å². The van der Waals surface area contributed by atoms with Gasteiger partial charge in [0.15, 0.2) is 11.6 Å². The van der Waals surface area contributed by atoms with Gasteiger partial charge in [-0.1, -0.05) is 25.1 Å². The van der Waals surface area contributed by atoms with Gasteiger partial charge in [0.1, 0.15) is 0 Å². The van der Waals surface area contributed by atoms with E-state index in [1.54, 1.807) is 0 Å². The molecule has 1 aliphatic carbocycles. The molecule has 124 valence electrons. The van der Waals surface area contributed by atoms with Crippen molar-refractivity contribution in [3.63, 3.8) is 0 Å². The summed E-state index contributed by atoms with van der Waals surface area (Å²) >= 11 is 3.86. The van der Waals surface area contributed by atoms with Crippen molar-refractivity contribution < 1.29 is 23.1 Å². The van der Waals surface area contributed by atoms with Gasteiger partial charge in [-0.05, 0) is 30.5 Å². The Morgan fingerprint density at radius 1 is 1.22 bits per heavy atom. The molecule has 2 aliphatic rings. The molecule has 0 aromatic heterocycles. The van der Waals surface area contributed by atoms with Crippen LogP contribution < -0.4 is 0 Å². The molecule has 1 spiro atoms. The highest BCUT2D eigenvalue weighted by atomic mass is 32.1. The second-order valence-corrected chi connectivity index (χ2v) is 6.16. The van der Waals surface area contributed by atoms with E-state index in [2.05, 4.69) is 12.6 Å². The molecule has 5 nitrogen and oxygen atoms in total. The minimum absolute atomic E-state index is 0.0932. The fraction of sp³-hybridized carbons (Fsp3) is 0.467. The third kappa shape index (κ3) is 2.87. The normalized spacial score (nSPS) is 20.0. The molecule has 0 bridgehead atoms. The van der Waals surface area contributed by atoms with Crippen LogP contribution in [0.3, 0.4) is 0 Å². The number of ether oxygens (including phenoxy) is 1. The summed E-state index contributed by atoms with van der Waals surface area (Å²) in [6.45, 7) is -0.0932. The molecular weight excluding hydrogens is 326 g/mol. The highest BCUT2D eigenvalue weighted by molar-refractivity contribution is 7.96. The number of thiol groups is 1. The molecular formula is C15H16F2N2O3S. The summed E-state index contributed by atoms with van der Waals surface area (Å²) in [5.74, 6) is -1.98. The molecule has 0 unspecified atom stereocenters. The zero-order valence-electron chi connectivity index (χ0n) is 12.3. The van der Waals surface area contributed by atoms with Crippen LogP contribution in [0.1, 0.15) is 37.7 Å². The lowest BCUT2D eigenvalue weighted by atomic mass is 9.91. The largest absolute Gasteiger partial charge is 0.431 e. The molecule has 2 fully saturated rings. The molecule has 1 saturated carbocycles. The molecule has 0 N–H and O–H groups in total. The summed E-state index contributed by atoms with van der Waals surface area (Å²) < 4.78 is 31.8. The minimum atomic E-state index is -1.01. The fourth-order valence-corrected chi connectivity index (χ4v) is 3.49. The first-order valence-electron chi connectivity index (χ1n) is 7.40. The number of benzene rings is 1. The highest BCUT2D eigenvalue weighted by Crippen LogP contribution is 2.41. The van der Waals surface area contributed by atoms with Crippen molar-refractivity contribution in [1.82, 2.24) is 10.0 Å². The van der Waals surface area contributed by atoms with E-state index in [1.807, 2.05) is 0 Å². The van der Waals surface area contributed by atoms with Crippen LogP contribution in [-0.4, -0.2) is 27.1 Å². The smallest absolute Gasteiger partial charge is 0.419 e. The zero-order valence-corrected chi connectivity index (χ0v) is 13.2. The summed E-state index contributed by atoms with van der Waals surface area (Å²) in [5.41, 5.74) is -0.652. The molecule has 1 aliphatic heterocycles. The van der Waals surface area contributed by atoms with E-state index >= 15 is 0 Å².